The number of rotatable bonds is 7. The number of aryl methyl sites for hydroxylation is 1. The number of nitrogens with zero attached hydrogens (tertiary/aromatic N) is 1. The molecule has 0 fully saturated rings. The number of halogens is 3. The first-order valence-corrected chi connectivity index (χ1v) is 11.1. The average Bonchev–Trinajstić information content (AvgIpc) is 3.41. The van der Waals surface area contributed by atoms with Crippen LogP contribution in [0.5, 0.6) is 0 Å². The van der Waals surface area contributed by atoms with Gasteiger partial charge in [0.2, 0.25) is 0 Å². The third-order valence-corrected chi connectivity index (χ3v) is 6.43. The minimum atomic E-state index is -4.52. The number of Topliss-reactive ketones (excluding diaryl/α,β-unsaturated/α-hetero) is 1. The molecule has 0 spiro atoms. The molecule has 2 aromatic carbocycles. The van der Waals surface area contributed by atoms with Crippen molar-refractivity contribution < 1.29 is 27.9 Å². The third kappa shape index (κ3) is 4.85. The number of benzene rings is 2. The molecule has 0 radical (unpaired) electrons. The Balaban J connectivity index is 1.63. The Morgan fingerprint density at radius 2 is 1.73 bits per heavy atom. The summed E-state index contributed by atoms with van der Waals surface area (Å²) >= 11 is 1.31. The van der Waals surface area contributed by atoms with E-state index < -0.39 is 29.4 Å². The second-order valence-electron chi connectivity index (χ2n) is 7.72. The van der Waals surface area contributed by atoms with Gasteiger partial charge >= 0.3 is 6.18 Å². The van der Waals surface area contributed by atoms with Gasteiger partial charge in [-0.1, -0.05) is 48.5 Å². The number of ketones is 1. The Labute approximate surface area is 192 Å². The summed E-state index contributed by atoms with van der Waals surface area (Å²) in [6.07, 6.45) is -3.98. The summed E-state index contributed by atoms with van der Waals surface area (Å²) < 4.78 is 39.4. The van der Waals surface area contributed by atoms with E-state index in [2.05, 4.69) is 0 Å². The van der Waals surface area contributed by atoms with Crippen LogP contribution in [0.2, 0.25) is 0 Å². The van der Waals surface area contributed by atoms with Gasteiger partial charge in [-0.25, -0.2) is 0 Å². The molecule has 0 saturated heterocycles. The quantitative estimate of drug-likeness (QED) is 0.469. The van der Waals surface area contributed by atoms with Crippen molar-refractivity contribution in [2.75, 3.05) is 0 Å². The van der Waals surface area contributed by atoms with Gasteiger partial charge in [-0.3, -0.25) is 9.59 Å². The van der Waals surface area contributed by atoms with Crippen LogP contribution in [0.3, 0.4) is 0 Å². The van der Waals surface area contributed by atoms with E-state index in [4.69, 9.17) is 0 Å². The zero-order chi connectivity index (χ0) is 23.6. The number of alkyl halides is 3. The molecule has 4 nitrogen and oxygen atoms in total. The molecule has 1 amide bonds. The molecular formula is C25H20F3NO3S. The van der Waals surface area contributed by atoms with Gasteiger partial charge in [0, 0.05) is 17.8 Å². The summed E-state index contributed by atoms with van der Waals surface area (Å²) in [5.41, 5.74) is 0.371. The maximum absolute atomic E-state index is 13.1. The molecular weight excluding hydrogens is 451 g/mol. The minimum absolute atomic E-state index is 0.00893. The van der Waals surface area contributed by atoms with Crippen LogP contribution in [0.25, 0.3) is 0 Å². The molecule has 2 heterocycles. The second-order valence-corrected chi connectivity index (χ2v) is 8.70. The van der Waals surface area contributed by atoms with Crippen molar-refractivity contribution in [2.24, 2.45) is 0 Å². The van der Waals surface area contributed by atoms with Gasteiger partial charge in [0.15, 0.2) is 11.5 Å². The van der Waals surface area contributed by atoms with Crippen molar-refractivity contribution in [3.63, 3.8) is 0 Å². The lowest BCUT2D eigenvalue weighted by Gasteiger charge is -2.26. The van der Waals surface area contributed by atoms with Crippen LogP contribution in [0.15, 0.2) is 83.4 Å². The summed E-state index contributed by atoms with van der Waals surface area (Å²) in [7, 11) is 0. The molecule has 1 aromatic heterocycles. The van der Waals surface area contributed by atoms with Gasteiger partial charge in [0.1, 0.15) is 0 Å². The number of aliphatic hydroxyl groups excluding tert-OH is 1. The SMILES string of the molecule is O=C(CCc1ccccc1)C1=C(O)C(=O)N(Cc2cccc(C(F)(F)F)c2)C1c1cccs1. The summed E-state index contributed by atoms with van der Waals surface area (Å²) in [6.45, 7) is -0.176. The number of carbonyl (C=O) groups is 2. The highest BCUT2D eigenvalue weighted by Crippen LogP contribution is 2.41. The molecule has 0 aliphatic carbocycles. The Morgan fingerprint density at radius 3 is 2.39 bits per heavy atom. The lowest BCUT2D eigenvalue weighted by atomic mass is 9.97. The largest absolute Gasteiger partial charge is 0.503 e. The van der Waals surface area contributed by atoms with E-state index >= 15 is 0 Å². The topological polar surface area (TPSA) is 57.6 Å². The third-order valence-electron chi connectivity index (χ3n) is 5.51. The van der Waals surface area contributed by atoms with Crippen LogP contribution in [-0.4, -0.2) is 21.7 Å². The molecule has 0 saturated carbocycles. The van der Waals surface area contributed by atoms with E-state index in [1.807, 2.05) is 30.3 Å². The molecule has 1 N–H and O–H groups in total. The summed E-state index contributed by atoms with van der Waals surface area (Å²) in [6, 6.07) is 16.7. The first-order chi connectivity index (χ1) is 15.8. The maximum Gasteiger partial charge on any atom is 0.416 e. The van der Waals surface area contributed by atoms with E-state index in [9.17, 15) is 27.9 Å². The Kier molecular flexibility index (Phi) is 6.37. The number of aliphatic hydroxyl groups is 1. The van der Waals surface area contributed by atoms with Gasteiger partial charge in [-0.15, -0.1) is 11.3 Å². The van der Waals surface area contributed by atoms with Crippen LogP contribution in [-0.2, 0) is 28.7 Å². The number of thiophene rings is 1. The number of carbonyl (C=O) groups excluding carboxylic acids is 2. The molecule has 170 valence electrons. The standard InChI is InChI=1S/C25H20F3NO3S/c26-25(27,28)18-9-4-8-17(14-18)15-29-22(20-10-5-13-33-20)21(23(31)24(29)32)19(30)12-11-16-6-2-1-3-7-16/h1-10,13-14,22,31H,11-12,15H2. The fraction of sp³-hybridized carbons (Fsp3) is 0.200. The van der Waals surface area contributed by atoms with E-state index in [0.29, 0.717) is 11.3 Å². The number of amides is 1. The van der Waals surface area contributed by atoms with Gasteiger partial charge in [0.05, 0.1) is 17.2 Å². The Hall–Kier alpha value is -3.39. The highest BCUT2D eigenvalue weighted by molar-refractivity contribution is 7.10. The Bertz CT molecular complexity index is 1190. The lowest BCUT2D eigenvalue weighted by molar-refractivity contribution is -0.137. The zero-order valence-electron chi connectivity index (χ0n) is 17.4. The van der Waals surface area contributed by atoms with E-state index in [0.717, 1.165) is 17.7 Å². The highest BCUT2D eigenvalue weighted by atomic mass is 32.1. The smallest absolute Gasteiger partial charge is 0.416 e. The molecule has 1 unspecified atom stereocenters. The first kappa shape index (κ1) is 22.8. The van der Waals surface area contributed by atoms with Crippen molar-refractivity contribution in [2.45, 2.75) is 31.6 Å². The van der Waals surface area contributed by atoms with Crippen LogP contribution in [0.4, 0.5) is 13.2 Å². The summed E-state index contributed by atoms with van der Waals surface area (Å²) in [4.78, 5) is 28.0. The van der Waals surface area contributed by atoms with Crippen molar-refractivity contribution in [1.82, 2.24) is 4.90 Å². The van der Waals surface area contributed by atoms with Gasteiger partial charge in [-0.2, -0.15) is 13.2 Å². The van der Waals surface area contributed by atoms with Crippen LogP contribution < -0.4 is 0 Å². The van der Waals surface area contributed by atoms with E-state index in [-0.39, 0.29) is 29.9 Å². The van der Waals surface area contributed by atoms with E-state index in [1.54, 1.807) is 17.5 Å². The van der Waals surface area contributed by atoms with E-state index in [1.165, 1.54) is 28.4 Å². The van der Waals surface area contributed by atoms with Crippen LogP contribution in [0.1, 0.15) is 34.0 Å². The maximum atomic E-state index is 13.1. The summed E-state index contributed by atoms with van der Waals surface area (Å²) in [5, 5.41) is 12.4. The molecule has 1 aliphatic heterocycles. The number of hydrogen-bond acceptors (Lipinski definition) is 4. The second kappa shape index (κ2) is 9.23. The monoisotopic (exact) mass is 471 g/mol. The molecule has 3 aromatic rings. The molecule has 33 heavy (non-hydrogen) atoms. The molecule has 1 aliphatic rings. The first-order valence-electron chi connectivity index (χ1n) is 10.3. The fourth-order valence-electron chi connectivity index (χ4n) is 3.92. The summed E-state index contributed by atoms with van der Waals surface area (Å²) in [5.74, 6) is -1.78. The zero-order valence-corrected chi connectivity index (χ0v) is 18.2. The number of hydrogen-bond donors (Lipinski definition) is 1. The Morgan fingerprint density at radius 1 is 1.00 bits per heavy atom. The van der Waals surface area contributed by atoms with Crippen molar-refractivity contribution in [3.05, 3.63) is 105 Å². The minimum Gasteiger partial charge on any atom is -0.503 e. The predicted molar refractivity (Wildman–Crippen MR) is 118 cm³/mol. The normalized spacial score (nSPS) is 16.5. The molecule has 1 atom stereocenters. The predicted octanol–water partition coefficient (Wildman–Crippen LogP) is 5.86. The van der Waals surface area contributed by atoms with Crippen molar-refractivity contribution >= 4 is 23.0 Å². The molecule has 4 rings (SSSR count). The average molecular weight is 472 g/mol. The van der Waals surface area contributed by atoms with Crippen molar-refractivity contribution in [1.29, 1.82) is 0 Å². The highest BCUT2D eigenvalue weighted by Gasteiger charge is 2.43. The van der Waals surface area contributed by atoms with Crippen LogP contribution >= 0.6 is 11.3 Å². The van der Waals surface area contributed by atoms with Gasteiger partial charge in [0.25, 0.3) is 5.91 Å². The van der Waals surface area contributed by atoms with Crippen molar-refractivity contribution in [3.8, 4) is 0 Å². The molecule has 0 bridgehead atoms. The van der Waals surface area contributed by atoms with Crippen LogP contribution in [0, 0.1) is 0 Å². The van der Waals surface area contributed by atoms with Gasteiger partial charge in [-0.05, 0) is 41.1 Å². The fourth-order valence-corrected chi connectivity index (χ4v) is 4.77. The molecule has 8 heteroatoms. The lowest BCUT2D eigenvalue weighted by Crippen LogP contribution is -2.30. The van der Waals surface area contributed by atoms with Gasteiger partial charge < -0.3 is 10.0 Å².